The van der Waals surface area contributed by atoms with Crippen molar-refractivity contribution in [3.05, 3.63) is 59.3 Å². The van der Waals surface area contributed by atoms with Crippen molar-refractivity contribution in [3.63, 3.8) is 0 Å². The molecule has 4 nitrogen and oxygen atoms in total. The minimum atomic E-state index is 0.0799. The largest absolute Gasteiger partial charge is 0.496 e. The lowest BCUT2D eigenvalue weighted by atomic mass is 9.98. The summed E-state index contributed by atoms with van der Waals surface area (Å²) in [5.41, 5.74) is 4.53. The smallest absolute Gasteiger partial charge is 0.247 e. The standard InChI is InChI=1S/C26H28ClNO3/c1-4-20-7-5-6-12-28(20)26(29)13-17(2)21-14-22-23(18-8-10-19(27)11-9-18)16-31-25(22)15-24(21)30-3/h8-11,13-16,20H,4-7,12H2,1-3H3/b17-13+. The van der Waals surface area contributed by atoms with E-state index in [0.29, 0.717) is 16.8 Å². The summed E-state index contributed by atoms with van der Waals surface area (Å²) in [6.07, 6.45) is 7.85. The topological polar surface area (TPSA) is 42.7 Å². The predicted molar refractivity (Wildman–Crippen MR) is 127 cm³/mol. The SMILES string of the molecule is CCC1CCCCN1C(=O)/C=C(\C)c1cc2c(-c3ccc(Cl)cc3)coc2cc1OC. The van der Waals surface area contributed by atoms with Gasteiger partial charge in [-0.05, 0) is 61.9 Å². The van der Waals surface area contributed by atoms with Gasteiger partial charge in [-0.2, -0.15) is 0 Å². The highest BCUT2D eigenvalue weighted by Gasteiger charge is 2.24. The second kappa shape index (κ2) is 9.19. The van der Waals surface area contributed by atoms with E-state index < -0.39 is 0 Å². The summed E-state index contributed by atoms with van der Waals surface area (Å²) in [7, 11) is 1.64. The molecule has 0 saturated carbocycles. The minimum Gasteiger partial charge on any atom is -0.496 e. The first-order valence-corrected chi connectivity index (χ1v) is 11.2. The number of furan rings is 1. The van der Waals surface area contributed by atoms with E-state index in [1.54, 1.807) is 19.4 Å². The van der Waals surface area contributed by atoms with Crippen LogP contribution in [0, 0.1) is 0 Å². The van der Waals surface area contributed by atoms with Crippen LogP contribution in [0.25, 0.3) is 27.7 Å². The van der Waals surface area contributed by atoms with Crippen molar-refractivity contribution in [1.82, 2.24) is 4.90 Å². The summed E-state index contributed by atoms with van der Waals surface area (Å²) in [5.74, 6) is 0.771. The highest BCUT2D eigenvalue weighted by Crippen LogP contribution is 2.37. The fourth-order valence-corrected chi connectivity index (χ4v) is 4.57. The number of amides is 1. The summed E-state index contributed by atoms with van der Waals surface area (Å²) in [6, 6.07) is 12.0. The molecule has 0 spiro atoms. The molecule has 0 N–H and O–H groups in total. The third-order valence-electron chi connectivity index (χ3n) is 6.20. The molecule has 1 fully saturated rings. The van der Waals surface area contributed by atoms with Crippen molar-refractivity contribution in [2.45, 2.75) is 45.6 Å². The third kappa shape index (κ3) is 4.35. The normalized spacial score (nSPS) is 17.2. The van der Waals surface area contributed by atoms with Crippen molar-refractivity contribution in [1.29, 1.82) is 0 Å². The molecule has 31 heavy (non-hydrogen) atoms. The Morgan fingerprint density at radius 2 is 2.03 bits per heavy atom. The van der Waals surface area contributed by atoms with Gasteiger partial charge in [-0.15, -0.1) is 0 Å². The molecule has 5 heteroatoms. The van der Waals surface area contributed by atoms with E-state index in [4.69, 9.17) is 20.8 Å². The number of allylic oxidation sites excluding steroid dienone is 1. The average Bonchev–Trinajstić information content (AvgIpc) is 3.21. The molecule has 2 heterocycles. The van der Waals surface area contributed by atoms with Crippen LogP contribution in [0.15, 0.2) is 53.2 Å². The summed E-state index contributed by atoms with van der Waals surface area (Å²) in [5, 5.41) is 1.67. The van der Waals surface area contributed by atoms with E-state index in [2.05, 4.69) is 6.92 Å². The Labute approximate surface area is 188 Å². The van der Waals surface area contributed by atoms with Gasteiger partial charge in [0.1, 0.15) is 11.3 Å². The Balaban J connectivity index is 1.73. The molecule has 3 aromatic rings. The molecular formula is C26H28ClNO3. The molecule has 0 radical (unpaired) electrons. The van der Waals surface area contributed by atoms with Gasteiger partial charge in [0.05, 0.1) is 13.4 Å². The number of nitrogens with zero attached hydrogens (tertiary/aromatic N) is 1. The van der Waals surface area contributed by atoms with Crippen LogP contribution in [-0.4, -0.2) is 30.5 Å². The van der Waals surface area contributed by atoms with Crippen LogP contribution in [0.3, 0.4) is 0 Å². The number of methoxy groups -OCH3 is 1. The van der Waals surface area contributed by atoms with Gasteiger partial charge >= 0.3 is 0 Å². The zero-order valence-electron chi connectivity index (χ0n) is 18.3. The lowest BCUT2D eigenvalue weighted by molar-refractivity contribution is -0.129. The van der Waals surface area contributed by atoms with Gasteiger partial charge in [-0.1, -0.05) is 30.7 Å². The Morgan fingerprint density at radius 1 is 1.26 bits per heavy atom. The number of likely N-dealkylation sites (tertiary alicyclic amines) is 1. The number of carbonyl (C=O) groups excluding carboxylic acids is 1. The molecule has 0 aliphatic carbocycles. The summed E-state index contributed by atoms with van der Waals surface area (Å²) < 4.78 is 11.4. The maximum atomic E-state index is 13.1. The van der Waals surface area contributed by atoms with Gasteiger partial charge in [-0.3, -0.25) is 4.79 Å². The summed E-state index contributed by atoms with van der Waals surface area (Å²) >= 11 is 6.05. The molecule has 1 aliphatic heterocycles. The van der Waals surface area contributed by atoms with Crippen molar-refractivity contribution < 1.29 is 13.9 Å². The van der Waals surface area contributed by atoms with Crippen molar-refractivity contribution in [2.24, 2.45) is 0 Å². The molecule has 1 saturated heterocycles. The second-order valence-corrected chi connectivity index (χ2v) is 8.56. The van der Waals surface area contributed by atoms with Gasteiger partial charge in [0.25, 0.3) is 0 Å². The maximum Gasteiger partial charge on any atom is 0.247 e. The molecule has 2 aromatic carbocycles. The van der Waals surface area contributed by atoms with E-state index in [1.807, 2.05) is 48.2 Å². The second-order valence-electron chi connectivity index (χ2n) is 8.12. The molecule has 1 aromatic heterocycles. The number of hydrogen-bond donors (Lipinski definition) is 0. The zero-order valence-corrected chi connectivity index (χ0v) is 19.0. The van der Waals surface area contributed by atoms with E-state index >= 15 is 0 Å². The lowest BCUT2D eigenvalue weighted by Gasteiger charge is -2.34. The first-order chi connectivity index (χ1) is 15.0. The summed E-state index contributed by atoms with van der Waals surface area (Å²) in [4.78, 5) is 15.1. The lowest BCUT2D eigenvalue weighted by Crippen LogP contribution is -2.42. The van der Waals surface area contributed by atoms with Crippen molar-refractivity contribution in [2.75, 3.05) is 13.7 Å². The number of ether oxygens (including phenoxy) is 1. The monoisotopic (exact) mass is 437 g/mol. The number of fused-ring (bicyclic) bond motifs is 1. The molecule has 162 valence electrons. The Bertz CT molecular complexity index is 1110. The Kier molecular flexibility index (Phi) is 6.38. The Morgan fingerprint density at radius 3 is 2.74 bits per heavy atom. The zero-order chi connectivity index (χ0) is 22.0. The van der Waals surface area contributed by atoms with E-state index in [1.165, 1.54) is 6.42 Å². The van der Waals surface area contributed by atoms with Crippen LogP contribution in [-0.2, 0) is 4.79 Å². The molecular weight excluding hydrogens is 410 g/mol. The first kappa shape index (κ1) is 21.5. The van der Waals surface area contributed by atoms with E-state index in [0.717, 1.165) is 59.0 Å². The number of carbonyl (C=O) groups is 1. The van der Waals surface area contributed by atoms with Crippen molar-refractivity contribution >= 4 is 34.1 Å². The van der Waals surface area contributed by atoms with E-state index in [-0.39, 0.29) is 5.91 Å². The average molecular weight is 438 g/mol. The van der Waals surface area contributed by atoms with Crippen LogP contribution in [0.4, 0.5) is 0 Å². The molecule has 1 atom stereocenters. The maximum absolute atomic E-state index is 13.1. The summed E-state index contributed by atoms with van der Waals surface area (Å²) in [6.45, 7) is 4.95. The van der Waals surface area contributed by atoms with Crippen LogP contribution in [0.1, 0.15) is 45.1 Å². The fourth-order valence-electron chi connectivity index (χ4n) is 4.45. The number of benzene rings is 2. The number of piperidine rings is 1. The van der Waals surface area contributed by atoms with Gasteiger partial charge < -0.3 is 14.1 Å². The highest BCUT2D eigenvalue weighted by atomic mass is 35.5. The van der Waals surface area contributed by atoms with Crippen LogP contribution >= 0.6 is 11.6 Å². The number of rotatable bonds is 5. The van der Waals surface area contributed by atoms with Crippen LogP contribution in [0.5, 0.6) is 5.75 Å². The van der Waals surface area contributed by atoms with Crippen LogP contribution in [0.2, 0.25) is 5.02 Å². The quantitative estimate of drug-likeness (QED) is 0.405. The van der Waals surface area contributed by atoms with Gasteiger partial charge in [0, 0.05) is 46.3 Å². The highest BCUT2D eigenvalue weighted by molar-refractivity contribution is 6.30. The van der Waals surface area contributed by atoms with Gasteiger partial charge in [-0.25, -0.2) is 0 Å². The fraction of sp³-hybridized carbons (Fsp3) is 0.346. The number of halogens is 1. The molecule has 0 bridgehead atoms. The Hall–Kier alpha value is -2.72. The van der Waals surface area contributed by atoms with Crippen molar-refractivity contribution in [3.8, 4) is 16.9 Å². The molecule has 1 amide bonds. The number of hydrogen-bond acceptors (Lipinski definition) is 3. The van der Waals surface area contributed by atoms with Gasteiger partial charge in [0.15, 0.2) is 0 Å². The van der Waals surface area contributed by atoms with Gasteiger partial charge in [0.2, 0.25) is 5.91 Å². The molecule has 1 aliphatic rings. The van der Waals surface area contributed by atoms with Crippen LogP contribution < -0.4 is 4.74 Å². The van der Waals surface area contributed by atoms with E-state index in [9.17, 15) is 4.79 Å². The molecule has 4 rings (SSSR count). The predicted octanol–water partition coefficient (Wildman–Crippen LogP) is 6.96. The first-order valence-electron chi connectivity index (χ1n) is 10.9. The minimum absolute atomic E-state index is 0.0799. The molecule has 1 unspecified atom stereocenters. The third-order valence-corrected chi connectivity index (χ3v) is 6.45.